The minimum absolute atomic E-state index is 0.0565. The van der Waals surface area contributed by atoms with Gasteiger partial charge in [-0.3, -0.25) is 9.59 Å². The largest absolute Gasteiger partial charge is 0.416 e. The van der Waals surface area contributed by atoms with Gasteiger partial charge in [-0.1, -0.05) is 18.7 Å². The first-order valence-electron chi connectivity index (χ1n) is 9.24. The lowest BCUT2D eigenvalue weighted by molar-refractivity contribution is -0.140. The number of rotatable bonds is 3. The van der Waals surface area contributed by atoms with Crippen LogP contribution in [0.3, 0.4) is 0 Å². The molecule has 2 unspecified atom stereocenters. The Labute approximate surface area is 161 Å². The highest BCUT2D eigenvalue weighted by Crippen LogP contribution is 2.37. The van der Waals surface area contributed by atoms with E-state index in [2.05, 4.69) is 6.58 Å². The summed E-state index contributed by atoms with van der Waals surface area (Å²) in [5.74, 6) is -0.773. The standard InChI is InChI=1S/C20H23F3N2O3/c1-2-17(26)24-9-4-5-14(12-24)18(27)25-10-8-19(28,13-25)15-6-3-7-16(11-15)20(21,22)23/h2-3,6-7,11,14,28H,1,4-5,8-10,12-13H2. The number of alkyl halides is 3. The highest BCUT2D eigenvalue weighted by atomic mass is 19.4. The summed E-state index contributed by atoms with van der Waals surface area (Å²) in [6.07, 6.45) is -1.78. The van der Waals surface area contributed by atoms with Gasteiger partial charge in [-0.25, -0.2) is 0 Å². The first-order valence-corrected chi connectivity index (χ1v) is 9.24. The quantitative estimate of drug-likeness (QED) is 0.799. The lowest BCUT2D eigenvalue weighted by Gasteiger charge is -2.33. The van der Waals surface area contributed by atoms with E-state index < -0.39 is 17.3 Å². The van der Waals surface area contributed by atoms with Gasteiger partial charge in [-0.2, -0.15) is 13.2 Å². The third kappa shape index (κ3) is 4.06. The smallest absolute Gasteiger partial charge is 0.383 e. The number of benzene rings is 1. The summed E-state index contributed by atoms with van der Waals surface area (Å²) in [5.41, 5.74) is -2.18. The van der Waals surface area contributed by atoms with E-state index in [4.69, 9.17) is 0 Å². The molecule has 0 spiro atoms. The van der Waals surface area contributed by atoms with Gasteiger partial charge in [0.1, 0.15) is 5.60 Å². The van der Waals surface area contributed by atoms with Gasteiger partial charge in [-0.15, -0.1) is 0 Å². The zero-order chi connectivity index (χ0) is 20.5. The maximum absolute atomic E-state index is 13.0. The predicted molar refractivity (Wildman–Crippen MR) is 96.0 cm³/mol. The van der Waals surface area contributed by atoms with Crippen molar-refractivity contribution in [3.05, 3.63) is 48.0 Å². The monoisotopic (exact) mass is 396 g/mol. The lowest BCUT2D eigenvalue weighted by Crippen LogP contribution is -2.46. The van der Waals surface area contributed by atoms with Crippen molar-refractivity contribution in [1.82, 2.24) is 9.80 Å². The molecule has 2 fully saturated rings. The summed E-state index contributed by atoms with van der Waals surface area (Å²) in [6, 6.07) is 4.62. The molecular formula is C20H23F3N2O3. The van der Waals surface area contributed by atoms with E-state index in [0.29, 0.717) is 25.9 Å². The molecule has 0 saturated carbocycles. The molecule has 8 heteroatoms. The number of β-amino-alcohol motifs (C(OH)–C–C–N with tert-alkyl or cyclic N) is 1. The van der Waals surface area contributed by atoms with E-state index in [1.165, 1.54) is 23.1 Å². The van der Waals surface area contributed by atoms with Crippen LogP contribution in [0.2, 0.25) is 0 Å². The van der Waals surface area contributed by atoms with Crippen molar-refractivity contribution in [2.24, 2.45) is 5.92 Å². The Morgan fingerprint density at radius 1 is 1.25 bits per heavy atom. The highest BCUT2D eigenvalue weighted by Gasteiger charge is 2.43. The van der Waals surface area contributed by atoms with Crippen LogP contribution < -0.4 is 0 Å². The van der Waals surface area contributed by atoms with Crippen molar-refractivity contribution in [3.63, 3.8) is 0 Å². The van der Waals surface area contributed by atoms with Crippen LogP contribution in [0.15, 0.2) is 36.9 Å². The number of nitrogens with zero attached hydrogens (tertiary/aromatic N) is 2. The van der Waals surface area contributed by atoms with Crippen molar-refractivity contribution >= 4 is 11.8 Å². The molecule has 2 heterocycles. The molecule has 0 bridgehead atoms. The van der Waals surface area contributed by atoms with Crippen LogP contribution in [-0.4, -0.2) is 52.9 Å². The molecule has 2 aliphatic rings. The SMILES string of the molecule is C=CC(=O)N1CCCC(C(=O)N2CCC(O)(c3cccc(C(F)(F)F)c3)C2)C1. The number of carbonyl (C=O) groups excluding carboxylic acids is 2. The van der Waals surface area contributed by atoms with Crippen LogP contribution in [0.5, 0.6) is 0 Å². The fourth-order valence-corrected chi connectivity index (χ4v) is 3.97. The number of likely N-dealkylation sites (tertiary alicyclic amines) is 2. The van der Waals surface area contributed by atoms with Crippen molar-refractivity contribution in [3.8, 4) is 0 Å². The molecule has 1 N–H and O–H groups in total. The normalized spacial score (nSPS) is 25.6. The molecule has 2 aliphatic heterocycles. The Morgan fingerprint density at radius 2 is 2.00 bits per heavy atom. The van der Waals surface area contributed by atoms with Crippen LogP contribution >= 0.6 is 0 Å². The molecule has 0 aliphatic carbocycles. The number of hydrogen-bond donors (Lipinski definition) is 1. The number of aliphatic hydroxyl groups is 1. The van der Waals surface area contributed by atoms with E-state index >= 15 is 0 Å². The second-order valence-electron chi connectivity index (χ2n) is 7.45. The second kappa shape index (κ2) is 7.58. The number of halogens is 3. The number of carbonyl (C=O) groups is 2. The maximum Gasteiger partial charge on any atom is 0.416 e. The van der Waals surface area contributed by atoms with Crippen LogP contribution in [-0.2, 0) is 21.4 Å². The maximum atomic E-state index is 13.0. The van der Waals surface area contributed by atoms with E-state index in [1.54, 1.807) is 4.90 Å². The van der Waals surface area contributed by atoms with Crippen molar-refractivity contribution < 1.29 is 27.9 Å². The topological polar surface area (TPSA) is 60.9 Å². The molecule has 2 saturated heterocycles. The minimum Gasteiger partial charge on any atom is -0.383 e. The van der Waals surface area contributed by atoms with Crippen molar-refractivity contribution in [2.45, 2.75) is 31.0 Å². The Kier molecular flexibility index (Phi) is 5.52. The third-order valence-electron chi connectivity index (χ3n) is 5.54. The molecule has 2 amide bonds. The number of hydrogen-bond acceptors (Lipinski definition) is 3. The van der Waals surface area contributed by atoms with Gasteiger partial charge < -0.3 is 14.9 Å². The number of piperidine rings is 1. The summed E-state index contributed by atoms with van der Waals surface area (Å²) in [7, 11) is 0. The molecule has 1 aromatic rings. The summed E-state index contributed by atoms with van der Waals surface area (Å²) in [5, 5.41) is 10.9. The number of amides is 2. The van der Waals surface area contributed by atoms with Crippen molar-refractivity contribution in [1.29, 1.82) is 0 Å². The average Bonchev–Trinajstić information content (AvgIpc) is 3.10. The van der Waals surface area contributed by atoms with E-state index in [0.717, 1.165) is 12.1 Å². The first kappa shape index (κ1) is 20.4. The highest BCUT2D eigenvalue weighted by molar-refractivity contribution is 5.88. The summed E-state index contributed by atoms with van der Waals surface area (Å²) in [6.45, 7) is 4.53. The molecule has 3 rings (SSSR count). The summed E-state index contributed by atoms with van der Waals surface area (Å²) >= 11 is 0. The van der Waals surface area contributed by atoms with Crippen LogP contribution in [0.25, 0.3) is 0 Å². The summed E-state index contributed by atoms with van der Waals surface area (Å²) < 4.78 is 38.9. The zero-order valence-corrected chi connectivity index (χ0v) is 15.4. The van der Waals surface area contributed by atoms with Gasteiger partial charge in [0.15, 0.2) is 0 Å². The van der Waals surface area contributed by atoms with Gasteiger partial charge in [0, 0.05) is 19.6 Å². The minimum atomic E-state index is -4.50. The Balaban J connectivity index is 1.71. The van der Waals surface area contributed by atoms with E-state index in [-0.39, 0.29) is 42.8 Å². The Bertz CT molecular complexity index is 780. The Hall–Kier alpha value is -2.35. The van der Waals surface area contributed by atoms with Gasteiger partial charge >= 0.3 is 6.18 Å². The molecule has 152 valence electrons. The van der Waals surface area contributed by atoms with Crippen LogP contribution in [0.1, 0.15) is 30.4 Å². The Morgan fingerprint density at radius 3 is 2.68 bits per heavy atom. The predicted octanol–water partition coefficient (Wildman–Crippen LogP) is 2.55. The van der Waals surface area contributed by atoms with Crippen LogP contribution in [0.4, 0.5) is 13.2 Å². The fraction of sp³-hybridized carbons (Fsp3) is 0.500. The molecule has 28 heavy (non-hydrogen) atoms. The van der Waals surface area contributed by atoms with E-state index in [9.17, 15) is 27.9 Å². The molecule has 2 atom stereocenters. The van der Waals surface area contributed by atoms with Crippen LogP contribution in [0, 0.1) is 5.92 Å². The average molecular weight is 396 g/mol. The molecule has 1 aromatic carbocycles. The van der Waals surface area contributed by atoms with E-state index in [1.807, 2.05) is 0 Å². The molecular weight excluding hydrogens is 373 g/mol. The van der Waals surface area contributed by atoms with Gasteiger partial charge in [0.05, 0.1) is 18.0 Å². The zero-order valence-electron chi connectivity index (χ0n) is 15.4. The van der Waals surface area contributed by atoms with Gasteiger partial charge in [0.2, 0.25) is 11.8 Å². The molecule has 0 radical (unpaired) electrons. The van der Waals surface area contributed by atoms with Gasteiger partial charge in [-0.05, 0) is 43.0 Å². The summed E-state index contributed by atoms with van der Waals surface area (Å²) in [4.78, 5) is 27.8. The third-order valence-corrected chi connectivity index (χ3v) is 5.54. The fourth-order valence-electron chi connectivity index (χ4n) is 3.97. The van der Waals surface area contributed by atoms with Gasteiger partial charge in [0.25, 0.3) is 0 Å². The molecule has 5 nitrogen and oxygen atoms in total. The lowest BCUT2D eigenvalue weighted by atomic mass is 9.91. The van der Waals surface area contributed by atoms with Crippen molar-refractivity contribution in [2.75, 3.05) is 26.2 Å². The molecule has 0 aromatic heterocycles. The first-order chi connectivity index (χ1) is 13.1. The second-order valence-corrected chi connectivity index (χ2v) is 7.45.